The second kappa shape index (κ2) is 9.27. The van der Waals surface area contributed by atoms with Gasteiger partial charge in [-0.2, -0.15) is 0 Å². The Balaban J connectivity index is 2.08. The van der Waals surface area contributed by atoms with E-state index in [0.717, 1.165) is 29.8 Å². The zero-order valence-electron chi connectivity index (χ0n) is 16.8. The first kappa shape index (κ1) is 19.7. The van der Waals surface area contributed by atoms with Crippen LogP contribution in [0.5, 0.6) is 0 Å². The van der Waals surface area contributed by atoms with Gasteiger partial charge in [-0.25, -0.2) is 9.97 Å². The monoisotopic (exact) mass is 373 g/mol. The third kappa shape index (κ3) is 4.45. The number of carbonyl (C=O) groups excluding carboxylic acids is 1. The number of carbonyl (C=O) groups is 1. The van der Waals surface area contributed by atoms with Gasteiger partial charge in [0.15, 0.2) is 5.69 Å². The first-order valence-electron chi connectivity index (χ1n) is 9.91. The second-order valence-electron chi connectivity index (χ2n) is 7.16. The highest BCUT2D eigenvalue weighted by Crippen LogP contribution is 2.26. The molecule has 1 heterocycles. The largest absolute Gasteiger partial charge is 0.307 e. The van der Waals surface area contributed by atoms with Crippen LogP contribution in [0.2, 0.25) is 0 Å². The van der Waals surface area contributed by atoms with Crippen LogP contribution in [-0.4, -0.2) is 22.4 Å². The number of aromatic nitrogens is 2. The Hall–Kier alpha value is -3.01. The number of nitrogens with zero attached hydrogens (tertiary/aromatic N) is 3. The van der Waals surface area contributed by atoms with E-state index in [1.807, 2.05) is 65.6 Å². The SMILES string of the molecule is CCCCN(C(=O)c1ncc(C(C)C)nc1-c1ccccc1)c1ccccc1. The summed E-state index contributed by atoms with van der Waals surface area (Å²) >= 11 is 0. The van der Waals surface area contributed by atoms with Gasteiger partial charge in [-0.3, -0.25) is 4.79 Å². The van der Waals surface area contributed by atoms with E-state index < -0.39 is 0 Å². The van der Waals surface area contributed by atoms with Crippen molar-refractivity contribution >= 4 is 11.6 Å². The van der Waals surface area contributed by atoms with Gasteiger partial charge in [-0.15, -0.1) is 0 Å². The second-order valence-corrected chi connectivity index (χ2v) is 7.16. The van der Waals surface area contributed by atoms with Crippen molar-refractivity contribution in [3.63, 3.8) is 0 Å². The molecule has 2 aromatic carbocycles. The molecule has 0 N–H and O–H groups in total. The molecule has 0 aliphatic rings. The lowest BCUT2D eigenvalue weighted by atomic mass is 10.1. The highest BCUT2D eigenvalue weighted by molar-refractivity contribution is 6.08. The molecule has 4 heteroatoms. The summed E-state index contributed by atoms with van der Waals surface area (Å²) in [6.45, 7) is 6.94. The lowest BCUT2D eigenvalue weighted by Crippen LogP contribution is -2.33. The molecule has 28 heavy (non-hydrogen) atoms. The van der Waals surface area contributed by atoms with Gasteiger partial charge in [0, 0.05) is 24.0 Å². The van der Waals surface area contributed by atoms with E-state index in [0.29, 0.717) is 17.9 Å². The van der Waals surface area contributed by atoms with Gasteiger partial charge in [-0.05, 0) is 24.5 Å². The van der Waals surface area contributed by atoms with Crippen molar-refractivity contribution in [1.82, 2.24) is 9.97 Å². The van der Waals surface area contributed by atoms with Crippen molar-refractivity contribution in [2.75, 3.05) is 11.4 Å². The maximum Gasteiger partial charge on any atom is 0.279 e. The molecule has 144 valence electrons. The molecule has 3 rings (SSSR count). The summed E-state index contributed by atoms with van der Waals surface area (Å²) in [6, 6.07) is 19.6. The summed E-state index contributed by atoms with van der Waals surface area (Å²) in [5, 5.41) is 0. The van der Waals surface area contributed by atoms with Crippen LogP contribution in [0.4, 0.5) is 5.69 Å². The summed E-state index contributed by atoms with van der Waals surface area (Å²) < 4.78 is 0. The average Bonchev–Trinajstić information content (AvgIpc) is 2.74. The van der Waals surface area contributed by atoms with E-state index in [1.54, 1.807) is 6.20 Å². The Morgan fingerprint density at radius 2 is 1.64 bits per heavy atom. The molecule has 3 aromatic rings. The van der Waals surface area contributed by atoms with Gasteiger partial charge in [0.1, 0.15) is 5.69 Å². The third-order valence-corrected chi connectivity index (χ3v) is 4.68. The Kier molecular flexibility index (Phi) is 6.53. The van der Waals surface area contributed by atoms with Gasteiger partial charge >= 0.3 is 0 Å². The van der Waals surface area contributed by atoms with E-state index in [1.165, 1.54) is 0 Å². The minimum absolute atomic E-state index is 0.110. The molecule has 0 aliphatic heterocycles. The maximum atomic E-state index is 13.5. The van der Waals surface area contributed by atoms with Crippen molar-refractivity contribution in [3.05, 3.63) is 78.2 Å². The number of anilines is 1. The van der Waals surface area contributed by atoms with Gasteiger partial charge in [-0.1, -0.05) is 75.7 Å². The van der Waals surface area contributed by atoms with Crippen LogP contribution in [0.15, 0.2) is 66.9 Å². The summed E-state index contributed by atoms with van der Waals surface area (Å²) in [5.74, 6) is 0.130. The summed E-state index contributed by atoms with van der Waals surface area (Å²) in [4.78, 5) is 24.8. The molecule has 4 nitrogen and oxygen atoms in total. The molecule has 0 saturated carbocycles. The number of rotatable bonds is 7. The number of amides is 1. The summed E-state index contributed by atoms with van der Waals surface area (Å²) in [5.41, 5.74) is 3.72. The Morgan fingerprint density at radius 3 is 2.25 bits per heavy atom. The number of para-hydroxylation sites is 1. The number of hydrogen-bond acceptors (Lipinski definition) is 3. The van der Waals surface area contributed by atoms with Crippen LogP contribution in [0.25, 0.3) is 11.3 Å². The Morgan fingerprint density at radius 1 is 1.00 bits per heavy atom. The first-order chi connectivity index (χ1) is 13.6. The highest BCUT2D eigenvalue weighted by atomic mass is 16.2. The molecule has 0 saturated heterocycles. The van der Waals surface area contributed by atoms with Crippen molar-refractivity contribution in [1.29, 1.82) is 0 Å². The molecule has 0 fully saturated rings. The number of hydrogen-bond donors (Lipinski definition) is 0. The fourth-order valence-corrected chi connectivity index (χ4v) is 3.03. The van der Waals surface area contributed by atoms with Crippen LogP contribution < -0.4 is 4.90 Å². The number of unbranched alkanes of at least 4 members (excludes halogenated alkanes) is 1. The lowest BCUT2D eigenvalue weighted by Gasteiger charge is -2.23. The van der Waals surface area contributed by atoms with Crippen LogP contribution in [0.1, 0.15) is 55.7 Å². The molecule has 1 amide bonds. The third-order valence-electron chi connectivity index (χ3n) is 4.68. The molecule has 0 spiro atoms. The van der Waals surface area contributed by atoms with E-state index in [-0.39, 0.29) is 11.8 Å². The van der Waals surface area contributed by atoms with E-state index >= 15 is 0 Å². The fourth-order valence-electron chi connectivity index (χ4n) is 3.03. The highest BCUT2D eigenvalue weighted by Gasteiger charge is 2.24. The molecule has 0 atom stereocenters. The van der Waals surface area contributed by atoms with Gasteiger partial charge in [0.2, 0.25) is 0 Å². The maximum absolute atomic E-state index is 13.5. The molecule has 0 radical (unpaired) electrons. The summed E-state index contributed by atoms with van der Waals surface area (Å²) in [6.07, 6.45) is 3.67. The van der Waals surface area contributed by atoms with Crippen LogP contribution >= 0.6 is 0 Å². The number of benzene rings is 2. The first-order valence-corrected chi connectivity index (χ1v) is 9.91. The predicted octanol–water partition coefficient (Wildman–Crippen LogP) is 5.71. The molecular weight excluding hydrogens is 346 g/mol. The van der Waals surface area contributed by atoms with Crippen LogP contribution in [0.3, 0.4) is 0 Å². The normalized spacial score (nSPS) is 10.9. The molecule has 0 unspecified atom stereocenters. The van der Waals surface area contributed by atoms with E-state index in [2.05, 4.69) is 25.8 Å². The molecule has 0 aliphatic carbocycles. The van der Waals surface area contributed by atoms with Crippen molar-refractivity contribution < 1.29 is 4.79 Å². The van der Waals surface area contributed by atoms with Crippen molar-refractivity contribution in [2.45, 2.75) is 39.5 Å². The quantitative estimate of drug-likeness (QED) is 0.532. The summed E-state index contributed by atoms with van der Waals surface area (Å²) in [7, 11) is 0. The van der Waals surface area contributed by atoms with E-state index in [4.69, 9.17) is 4.98 Å². The fraction of sp³-hybridized carbons (Fsp3) is 0.292. The van der Waals surface area contributed by atoms with Crippen LogP contribution in [-0.2, 0) is 0 Å². The average molecular weight is 374 g/mol. The standard InChI is InChI=1S/C24H27N3O/c1-4-5-16-27(20-14-10-7-11-15-20)24(28)23-22(19-12-8-6-9-13-19)26-21(17-25-23)18(2)3/h6-15,17-18H,4-5,16H2,1-3H3. The molecule has 0 bridgehead atoms. The van der Waals surface area contributed by atoms with Gasteiger partial charge < -0.3 is 4.90 Å². The van der Waals surface area contributed by atoms with Gasteiger partial charge in [0.05, 0.1) is 5.69 Å². The van der Waals surface area contributed by atoms with Crippen LogP contribution in [0, 0.1) is 0 Å². The lowest BCUT2D eigenvalue weighted by molar-refractivity contribution is 0.0982. The smallest absolute Gasteiger partial charge is 0.279 e. The Labute approximate surface area is 167 Å². The van der Waals surface area contributed by atoms with Crippen molar-refractivity contribution in [2.24, 2.45) is 0 Å². The minimum Gasteiger partial charge on any atom is -0.307 e. The topological polar surface area (TPSA) is 46.1 Å². The van der Waals surface area contributed by atoms with Gasteiger partial charge in [0.25, 0.3) is 5.91 Å². The van der Waals surface area contributed by atoms with E-state index in [9.17, 15) is 4.79 Å². The zero-order valence-corrected chi connectivity index (χ0v) is 16.8. The molecule has 1 aromatic heterocycles. The minimum atomic E-state index is -0.110. The zero-order chi connectivity index (χ0) is 19.9. The van der Waals surface area contributed by atoms with Crippen molar-refractivity contribution in [3.8, 4) is 11.3 Å². The molecular formula is C24H27N3O. The predicted molar refractivity (Wildman–Crippen MR) is 115 cm³/mol. The Bertz CT molecular complexity index is 908.